The van der Waals surface area contributed by atoms with Gasteiger partial charge in [0.25, 0.3) is 5.91 Å². The smallest absolute Gasteiger partial charge is 0.337 e. The van der Waals surface area contributed by atoms with Gasteiger partial charge in [0, 0.05) is 18.0 Å². The summed E-state index contributed by atoms with van der Waals surface area (Å²) >= 11 is 1.22. The number of fused-ring (bicyclic) bond motifs is 1. The van der Waals surface area contributed by atoms with Crippen molar-refractivity contribution in [3.8, 4) is 0 Å². The molecular formula is C26H33N5O4S. The predicted octanol–water partition coefficient (Wildman–Crippen LogP) is 3.01. The first-order valence-electron chi connectivity index (χ1n) is 12.2. The number of amides is 1. The fourth-order valence-electron chi connectivity index (χ4n) is 4.78. The van der Waals surface area contributed by atoms with Crippen molar-refractivity contribution in [2.24, 2.45) is 5.73 Å². The molecule has 4 rings (SSSR count). The number of anilines is 2. The molecule has 1 atom stereocenters. The maximum atomic E-state index is 12.0. The molecule has 3 heterocycles. The van der Waals surface area contributed by atoms with Gasteiger partial charge in [-0.15, -0.1) is 11.3 Å². The molecule has 1 unspecified atom stereocenters. The van der Waals surface area contributed by atoms with E-state index in [2.05, 4.69) is 17.1 Å². The van der Waals surface area contributed by atoms with Crippen LogP contribution in [0.1, 0.15) is 63.4 Å². The zero-order valence-corrected chi connectivity index (χ0v) is 21.4. The summed E-state index contributed by atoms with van der Waals surface area (Å²) in [4.78, 5) is 31.8. The fraction of sp³-hybridized carbons (Fsp3) is 0.423. The fourth-order valence-corrected chi connectivity index (χ4v) is 5.77. The Balaban J connectivity index is 1.72. The lowest BCUT2D eigenvalue weighted by atomic mass is 10.0. The third-order valence-electron chi connectivity index (χ3n) is 6.64. The van der Waals surface area contributed by atoms with Gasteiger partial charge in [-0.2, -0.15) is 0 Å². The Kier molecular flexibility index (Phi) is 8.07. The number of nitrogens with one attached hydrogen (secondary N) is 1. The molecule has 10 heteroatoms. The number of nitrogens with two attached hydrogens (primary N) is 2. The van der Waals surface area contributed by atoms with Gasteiger partial charge in [0.15, 0.2) is 0 Å². The average molecular weight is 512 g/mol. The van der Waals surface area contributed by atoms with Crippen molar-refractivity contribution >= 4 is 44.9 Å². The Morgan fingerprint density at radius 2 is 1.97 bits per heavy atom. The van der Waals surface area contributed by atoms with E-state index in [9.17, 15) is 14.7 Å². The van der Waals surface area contributed by atoms with Gasteiger partial charge in [-0.25, -0.2) is 9.78 Å². The second-order valence-electron chi connectivity index (χ2n) is 9.04. The Bertz CT molecular complexity index is 1240. The highest BCUT2D eigenvalue weighted by Gasteiger charge is 2.27. The van der Waals surface area contributed by atoms with Crippen LogP contribution in [-0.2, 0) is 11.2 Å². The molecule has 0 radical (unpaired) electrons. The van der Waals surface area contributed by atoms with E-state index in [1.807, 2.05) is 6.07 Å². The van der Waals surface area contributed by atoms with Crippen molar-refractivity contribution in [1.29, 1.82) is 0 Å². The summed E-state index contributed by atoms with van der Waals surface area (Å²) in [5.41, 5.74) is 14.4. The molecule has 1 fully saturated rings. The largest absolute Gasteiger partial charge is 0.465 e. The lowest BCUT2D eigenvalue weighted by Gasteiger charge is -2.37. The van der Waals surface area contributed by atoms with Gasteiger partial charge in [0.1, 0.15) is 15.5 Å². The summed E-state index contributed by atoms with van der Waals surface area (Å²) in [5.74, 6) is -0.222. The number of aliphatic hydroxyl groups excluding tert-OH is 1. The molecule has 192 valence electrons. The summed E-state index contributed by atoms with van der Waals surface area (Å²) < 4.78 is 4.77. The Morgan fingerprint density at radius 3 is 2.58 bits per heavy atom. The van der Waals surface area contributed by atoms with Crippen LogP contribution in [0.5, 0.6) is 0 Å². The monoisotopic (exact) mass is 511 g/mol. The number of esters is 1. The van der Waals surface area contributed by atoms with E-state index in [0.717, 1.165) is 55.5 Å². The average Bonchev–Trinajstić information content (AvgIpc) is 3.24. The maximum Gasteiger partial charge on any atom is 0.337 e. The summed E-state index contributed by atoms with van der Waals surface area (Å²) in [5, 5.41) is 15.4. The molecule has 36 heavy (non-hydrogen) atoms. The maximum absolute atomic E-state index is 12.0. The Morgan fingerprint density at radius 1 is 1.28 bits per heavy atom. The third kappa shape index (κ3) is 5.30. The van der Waals surface area contributed by atoms with Crippen molar-refractivity contribution in [2.45, 2.75) is 44.8 Å². The second-order valence-corrected chi connectivity index (χ2v) is 10.0. The molecule has 1 amide bonds. The molecule has 0 spiro atoms. The quantitative estimate of drug-likeness (QED) is 0.321. The molecule has 6 N–H and O–H groups in total. The van der Waals surface area contributed by atoms with Crippen molar-refractivity contribution in [2.75, 3.05) is 37.4 Å². The van der Waals surface area contributed by atoms with Gasteiger partial charge in [-0.05, 0) is 61.7 Å². The number of hydrogen-bond donors (Lipinski definition) is 4. The van der Waals surface area contributed by atoms with Gasteiger partial charge in [0.05, 0.1) is 24.5 Å². The normalized spacial score (nSPS) is 15.1. The Hall–Kier alpha value is -3.21. The number of benzene rings is 1. The van der Waals surface area contributed by atoms with E-state index < -0.39 is 18.0 Å². The summed E-state index contributed by atoms with van der Waals surface area (Å²) in [6.45, 7) is 4.19. The van der Waals surface area contributed by atoms with Crippen molar-refractivity contribution < 1.29 is 19.4 Å². The van der Waals surface area contributed by atoms with Crippen LogP contribution in [0, 0.1) is 0 Å². The topological polar surface area (TPSA) is 144 Å². The molecule has 1 aliphatic heterocycles. The first-order valence-corrected chi connectivity index (χ1v) is 13.0. The van der Waals surface area contributed by atoms with Gasteiger partial charge in [-0.3, -0.25) is 4.79 Å². The first-order chi connectivity index (χ1) is 17.3. The highest BCUT2D eigenvalue weighted by molar-refractivity contribution is 7.21. The molecule has 2 aromatic heterocycles. The van der Waals surface area contributed by atoms with E-state index in [4.69, 9.17) is 21.2 Å². The van der Waals surface area contributed by atoms with Crippen molar-refractivity contribution in [3.63, 3.8) is 0 Å². The summed E-state index contributed by atoms with van der Waals surface area (Å²) in [6, 6.07) is 9.02. The number of hydrogen-bond acceptors (Lipinski definition) is 9. The number of nitrogen functional groups attached to an aromatic ring is 1. The standard InChI is InChI=1S/C26H33N5O4S/c1-3-4-17-13-20(30-25-21(17)22(27)23(36-25)24(28)33)31(18-9-11-29-12-10-18)14-19(32)15-5-7-16(8-6-15)26(34)35-2/h5-8,13,18-19,29,32H,3-4,9-12,14,27H2,1-2H3,(H2,28,33). The SMILES string of the molecule is CCCc1cc(N(CC(O)c2ccc(C(=O)OC)cc2)C2CCNCC2)nc2sc(C(N)=O)c(N)c12. The van der Waals surface area contributed by atoms with Gasteiger partial charge in [-0.1, -0.05) is 25.5 Å². The predicted molar refractivity (Wildman–Crippen MR) is 143 cm³/mol. The van der Waals surface area contributed by atoms with Crippen molar-refractivity contribution in [1.82, 2.24) is 10.3 Å². The first kappa shape index (κ1) is 25.9. The molecule has 9 nitrogen and oxygen atoms in total. The van der Waals surface area contributed by atoms with Crippen LogP contribution >= 0.6 is 11.3 Å². The molecule has 0 saturated carbocycles. The number of rotatable bonds is 9. The number of pyridine rings is 1. The number of carbonyl (C=O) groups is 2. The third-order valence-corrected chi connectivity index (χ3v) is 7.75. The second kappa shape index (κ2) is 11.2. The molecule has 0 aliphatic carbocycles. The number of aliphatic hydroxyl groups is 1. The van der Waals surface area contributed by atoms with Crippen LogP contribution in [0.15, 0.2) is 30.3 Å². The van der Waals surface area contributed by atoms with Gasteiger partial charge < -0.3 is 31.5 Å². The zero-order valence-electron chi connectivity index (χ0n) is 20.6. The van der Waals surface area contributed by atoms with E-state index >= 15 is 0 Å². The van der Waals surface area contributed by atoms with Gasteiger partial charge >= 0.3 is 5.97 Å². The van der Waals surface area contributed by atoms with Crippen molar-refractivity contribution in [3.05, 3.63) is 51.9 Å². The molecule has 1 aliphatic rings. The van der Waals surface area contributed by atoms with Crippen LogP contribution in [0.3, 0.4) is 0 Å². The highest BCUT2D eigenvalue weighted by Crippen LogP contribution is 2.38. The van der Waals surface area contributed by atoms with Crippen LogP contribution < -0.4 is 21.7 Å². The molecule has 1 saturated heterocycles. The van der Waals surface area contributed by atoms with E-state index in [1.165, 1.54) is 18.4 Å². The van der Waals surface area contributed by atoms with Crippen LogP contribution in [-0.4, -0.2) is 54.8 Å². The number of thiophene rings is 1. The number of piperidine rings is 1. The van der Waals surface area contributed by atoms with E-state index in [0.29, 0.717) is 33.1 Å². The zero-order chi connectivity index (χ0) is 25.8. The molecule has 1 aromatic carbocycles. The van der Waals surface area contributed by atoms with Crippen LogP contribution in [0.4, 0.5) is 11.5 Å². The molecular weight excluding hydrogens is 478 g/mol. The number of aromatic nitrogens is 1. The molecule has 3 aromatic rings. The number of aryl methyl sites for hydroxylation is 1. The lowest BCUT2D eigenvalue weighted by Crippen LogP contribution is -2.45. The molecule has 0 bridgehead atoms. The minimum Gasteiger partial charge on any atom is -0.465 e. The van der Waals surface area contributed by atoms with Crippen LogP contribution in [0.2, 0.25) is 0 Å². The minimum absolute atomic E-state index is 0.183. The minimum atomic E-state index is -0.798. The number of methoxy groups -OCH3 is 1. The number of nitrogens with zero attached hydrogens (tertiary/aromatic N) is 2. The number of primary amides is 1. The van der Waals surface area contributed by atoms with E-state index in [1.54, 1.807) is 24.3 Å². The van der Waals surface area contributed by atoms with Gasteiger partial charge in [0.2, 0.25) is 0 Å². The summed E-state index contributed by atoms with van der Waals surface area (Å²) in [6.07, 6.45) is 2.71. The number of ether oxygens (including phenoxy) is 1. The van der Waals surface area contributed by atoms with Crippen LogP contribution in [0.25, 0.3) is 10.2 Å². The summed E-state index contributed by atoms with van der Waals surface area (Å²) in [7, 11) is 1.34. The lowest BCUT2D eigenvalue weighted by molar-refractivity contribution is 0.0600. The number of carbonyl (C=O) groups excluding carboxylic acids is 2. The Labute approximate surface area is 214 Å². The highest BCUT2D eigenvalue weighted by atomic mass is 32.1. The van der Waals surface area contributed by atoms with E-state index in [-0.39, 0.29) is 6.04 Å².